The number of amides is 1. The van der Waals surface area contributed by atoms with Crippen molar-refractivity contribution in [1.82, 2.24) is 19.8 Å². The third-order valence-electron chi connectivity index (χ3n) is 3.35. The summed E-state index contributed by atoms with van der Waals surface area (Å²) in [7, 11) is 3.61. The number of nitrogens with zero attached hydrogens (tertiary/aromatic N) is 3. The quantitative estimate of drug-likeness (QED) is 0.806. The second-order valence-corrected chi connectivity index (χ2v) is 4.82. The fraction of sp³-hybridized carbons (Fsp3) is 0.667. The van der Waals surface area contributed by atoms with Crippen LogP contribution in [0.2, 0.25) is 0 Å². The molecule has 2 heterocycles. The summed E-state index contributed by atoms with van der Waals surface area (Å²) in [4.78, 5) is 18.3. The van der Waals surface area contributed by atoms with Crippen LogP contribution >= 0.6 is 0 Å². The minimum atomic E-state index is -0.766. The average Bonchev–Trinajstić information content (AvgIpc) is 2.74. The molecule has 1 N–H and O–H groups in total. The molecule has 1 atom stereocenters. The number of hydrogen-bond acceptors (Lipinski definition) is 4. The van der Waals surface area contributed by atoms with Gasteiger partial charge in [-0.25, -0.2) is 4.98 Å². The van der Waals surface area contributed by atoms with Gasteiger partial charge >= 0.3 is 0 Å². The molecule has 6 nitrogen and oxygen atoms in total. The standard InChI is InChI=1S/C12H20N4O2/c1-12(11(17)13-2)9-16(6-7-18-12)8-10-14-4-5-15(10)3/h4-5H,6-9H2,1-3H3,(H,13,17)/t12-/m0/s1. The first-order valence-corrected chi connectivity index (χ1v) is 6.10. The average molecular weight is 252 g/mol. The summed E-state index contributed by atoms with van der Waals surface area (Å²) in [6.45, 7) is 4.53. The fourth-order valence-corrected chi connectivity index (χ4v) is 2.24. The van der Waals surface area contributed by atoms with Crippen LogP contribution in [0.15, 0.2) is 12.4 Å². The predicted molar refractivity (Wildman–Crippen MR) is 66.9 cm³/mol. The lowest BCUT2D eigenvalue weighted by molar-refractivity contribution is -0.156. The Labute approximate surface area is 107 Å². The molecule has 1 fully saturated rings. The molecule has 1 aliphatic rings. The summed E-state index contributed by atoms with van der Waals surface area (Å²) in [6, 6.07) is 0. The molecule has 1 aromatic heterocycles. The number of nitrogens with one attached hydrogen (secondary N) is 1. The number of morpholine rings is 1. The number of aromatic nitrogens is 2. The zero-order valence-electron chi connectivity index (χ0n) is 11.1. The van der Waals surface area contributed by atoms with Gasteiger partial charge in [0.05, 0.1) is 13.2 Å². The van der Waals surface area contributed by atoms with Crippen molar-refractivity contribution in [3.05, 3.63) is 18.2 Å². The molecule has 1 aromatic rings. The molecule has 18 heavy (non-hydrogen) atoms. The fourth-order valence-electron chi connectivity index (χ4n) is 2.24. The van der Waals surface area contributed by atoms with Crippen LogP contribution in [0, 0.1) is 0 Å². The van der Waals surface area contributed by atoms with Crippen LogP contribution in [0.25, 0.3) is 0 Å². The summed E-state index contributed by atoms with van der Waals surface area (Å²) in [5, 5.41) is 2.65. The van der Waals surface area contributed by atoms with Crippen LogP contribution in [-0.4, -0.2) is 52.7 Å². The van der Waals surface area contributed by atoms with E-state index in [-0.39, 0.29) is 5.91 Å². The molecule has 100 valence electrons. The van der Waals surface area contributed by atoms with Gasteiger partial charge in [-0.3, -0.25) is 9.69 Å². The van der Waals surface area contributed by atoms with E-state index >= 15 is 0 Å². The number of aryl methyl sites for hydroxylation is 1. The number of rotatable bonds is 3. The minimum Gasteiger partial charge on any atom is -0.363 e. The number of carbonyl (C=O) groups excluding carboxylic acids is 1. The van der Waals surface area contributed by atoms with Crippen LogP contribution in [0.4, 0.5) is 0 Å². The first-order valence-electron chi connectivity index (χ1n) is 6.10. The highest BCUT2D eigenvalue weighted by Gasteiger charge is 2.38. The molecule has 0 bridgehead atoms. The molecule has 1 aliphatic heterocycles. The summed E-state index contributed by atoms with van der Waals surface area (Å²) >= 11 is 0. The Balaban J connectivity index is 2.03. The van der Waals surface area contributed by atoms with Crippen LogP contribution in [0.3, 0.4) is 0 Å². The molecule has 0 aromatic carbocycles. The highest BCUT2D eigenvalue weighted by atomic mass is 16.5. The number of hydrogen-bond donors (Lipinski definition) is 1. The lowest BCUT2D eigenvalue weighted by atomic mass is 10.0. The van der Waals surface area contributed by atoms with E-state index in [2.05, 4.69) is 15.2 Å². The van der Waals surface area contributed by atoms with Gasteiger partial charge < -0.3 is 14.6 Å². The van der Waals surface area contributed by atoms with E-state index in [0.29, 0.717) is 13.2 Å². The van der Waals surface area contributed by atoms with Crippen molar-refractivity contribution in [1.29, 1.82) is 0 Å². The van der Waals surface area contributed by atoms with Crippen LogP contribution in [0.1, 0.15) is 12.7 Å². The second kappa shape index (κ2) is 5.07. The molecule has 0 radical (unpaired) electrons. The molecule has 0 saturated carbocycles. The van der Waals surface area contributed by atoms with E-state index in [0.717, 1.165) is 18.9 Å². The summed E-state index contributed by atoms with van der Waals surface area (Å²) in [6.07, 6.45) is 3.71. The molecule has 1 saturated heterocycles. The number of ether oxygens (including phenoxy) is 1. The van der Waals surface area contributed by atoms with Crippen molar-refractivity contribution >= 4 is 5.91 Å². The van der Waals surface area contributed by atoms with Gasteiger partial charge in [-0.2, -0.15) is 0 Å². The van der Waals surface area contributed by atoms with Crippen molar-refractivity contribution in [2.45, 2.75) is 19.1 Å². The number of carbonyl (C=O) groups is 1. The normalized spacial score (nSPS) is 25.1. The highest BCUT2D eigenvalue weighted by molar-refractivity contribution is 5.84. The van der Waals surface area contributed by atoms with E-state index in [4.69, 9.17) is 4.74 Å². The highest BCUT2D eigenvalue weighted by Crippen LogP contribution is 2.19. The van der Waals surface area contributed by atoms with Gasteiger partial charge in [0.2, 0.25) is 0 Å². The largest absolute Gasteiger partial charge is 0.363 e. The van der Waals surface area contributed by atoms with E-state index in [1.54, 1.807) is 13.2 Å². The second-order valence-electron chi connectivity index (χ2n) is 4.82. The van der Waals surface area contributed by atoms with Crippen molar-refractivity contribution in [3.63, 3.8) is 0 Å². The topological polar surface area (TPSA) is 59.4 Å². The Kier molecular flexibility index (Phi) is 3.68. The van der Waals surface area contributed by atoms with Gasteiger partial charge in [0.15, 0.2) is 5.60 Å². The first kappa shape index (κ1) is 13.0. The van der Waals surface area contributed by atoms with Gasteiger partial charge in [0, 0.05) is 39.6 Å². The molecule has 1 amide bonds. The first-order chi connectivity index (χ1) is 8.55. The number of likely N-dealkylation sites (N-methyl/N-ethyl adjacent to an activating group) is 1. The van der Waals surface area contributed by atoms with Gasteiger partial charge in [0.1, 0.15) is 5.82 Å². The Morgan fingerprint density at radius 2 is 2.44 bits per heavy atom. The zero-order valence-corrected chi connectivity index (χ0v) is 11.1. The Morgan fingerprint density at radius 3 is 3.06 bits per heavy atom. The van der Waals surface area contributed by atoms with E-state index in [1.165, 1.54) is 0 Å². The van der Waals surface area contributed by atoms with E-state index in [9.17, 15) is 4.79 Å². The summed E-state index contributed by atoms with van der Waals surface area (Å²) in [5.74, 6) is 0.920. The maximum Gasteiger partial charge on any atom is 0.253 e. The monoisotopic (exact) mass is 252 g/mol. The molecule has 0 unspecified atom stereocenters. The smallest absolute Gasteiger partial charge is 0.253 e. The van der Waals surface area contributed by atoms with Crippen LogP contribution in [-0.2, 0) is 23.1 Å². The summed E-state index contributed by atoms with van der Waals surface area (Å²) < 4.78 is 7.61. The van der Waals surface area contributed by atoms with Crippen molar-refractivity contribution < 1.29 is 9.53 Å². The van der Waals surface area contributed by atoms with Crippen LogP contribution < -0.4 is 5.32 Å². The van der Waals surface area contributed by atoms with E-state index < -0.39 is 5.60 Å². The maximum absolute atomic E-state index is 11.8. The predicted octanol–water partition coefficient (Wildman–Crippen LogP) is -0.243. The van der Waals surface area contributed by atoms with Crippen molar-refractivity contribution in [2.24, 2.45) is 7.05 Å². The molecular weight excluding hydrogens is 232 g/mol. The minimum absolute atomic E-state index is 0.0768. The lowest BCUT2D eigenvalue weighted by Crippen LogP contribution is -2.57. The van der Waals surface area contributed by atoms with Gasteiger partial charge in [-0.05, 0) is 6.92 Å². The van der Waals surface area contributed by atoms with Gasteiger partial charge in [0.25, 0.3) is 5.91 Å². The van der Waals surface area contributed by atoms with Crippen molar-refractivity contribution in [3.8, 4) is 0 Å². The molecule has 0 aliphatic carbocycles. The lowest BCUT2D eigenvalue weighted by Gasteiger charge is -2.38. The molecular formula is C12H20N4O2. The van der Waals surface area contributed by atoms with Crippen LogP contribution in [0.5, 0.6) is 0 Å². The van der Waals surface area contributed by atoms with Gasteiger partial charge in [-0.15, -0.1) is 0 Å². The zero-order chi connectivity index (χ0) is 13.2. The Hall–Kier alpha value is -1.40. The Bertz CT molecular complexity index is 431. The molecule has 6 heteroatoms. The molecule has 2 rings (SSSR count). The maximum atomic E-state index is 11.8. The molecule has 0 spiro atoms. The van der Waals surface area contributed by atoms with Gasteiger partial charge in [-0.1, -0.05) is 0 Å². The van der Waals surface area contributed by atoms with Crippen molar-refractivity contribution in [2.75, 3.05) is 26.7 Å². The third kappa shape index (κ3) is 2.54. The van der Waals surface area contributed by atoms with E-state index in [1.807, 2.05) is 24.7 Å². The third-order valence-corrected chi connectivity index (χ3v) is 3.35. The number of imidazole rings is 1. The Morgan fingerprint density at radius 1 is 1.67 bits per heavy atom. The SMILES string of the molecule is CNC(=O)[C@]1(C)CN(Cc2nccn2C)CCO1. The summed E-state index contributed by atoms with van der Waals surface area (Å²) in [5.41, 5.74) is -0.766.